The first-order valence-electron chi connectivity index (χ1n) is 8.50. The van der Waals surface area contributed by atoms with Crippen LogP contribution in [0.2, 0.25) is 0 Å². The van der Waals surface area contributed by atoms with Crippen LogP contribution in [-0.4, -0.2) is 43.4 Å². The molecule has 3 rings (SSSR count). The standard InChI is InChI=1S/C19H21NO6/c1-3-25-18(23)26-15-13-9-10-14(11-13)19(15,17(22)24-2)20-16(21)12-7-5-4-6-8-12/h4-10,13-15H,3,11H2,1-2H3,(H,20,21)/t13-,14+,15-,19+/m1/s1. The zero-order valence-electron chi connectivity index (χ0n) is 14.6. The number of carbonyl (C=O) groups is 3. The van der Waals surface area contributed by atoms with Gasteiger partial charge in [0.25, 0.3) is 5.91 Å². The topological polar surface area (TPSA) is 90.9 Å². The third-order valence-electron chi connectivity index (χ3n) is 4.90. The highest BCUT2D eigenvalue weighted by Crippen LogP contribution is 2.49. The Hall–Kier alpha value is -2.83. The van der Waals surface area contributed by atoms with Gasteiger partial charge in [0.1, 0.15) is 6.10 Å². The number of hydrogen-bond donors (Lipinski definition) is 1. The van der Waals surface area contributed by atoms with Gasteiger partial charge in [-0.05, 0) is 25.5 Å². The second-order valence-electron chi connectivity index (χ2n) is 6.29. The number of nitrogens with one attached hydrogen (secondary N) is 1. The number of hydrogen-bond acceptors (Lipinski definition) is 6. The van der Waals surface area contributed by atoms with Crippen LogP contribution in [0.5, 0.6) is 0 Å². The van der Waals surface area contributed by atoms with Crippen LogP contribution in [0, 0.1) is 11.8 Å². The molecule has 26 heavy (non-hydrogen) atoms. The van der Waals surface area contributed by atoms with E-state index >= 15 is 0 Å². The van der Waals surface area contributed by atoms with Crippen LogP contribution in [0.4, 0.5) is 4.79 Å². The molecule has 138 valence electrons. The van der Waals surface area contributed by atoms with Gasteiger partial charge >= 0.3 is 12.1 Å². The van der Waals surface area contributed by atoms with E-state index in [1.54, 1.807) is 37.3 Å². The largest absolute Gasteiger partial charge is 0.508 e. The van der Waals surface area contributed by atoms with E-state index in [0.717, 1.165) is 0 Å². The Morgan fingerprint density at radius 2 is 1.92 bits per heavy atom. The molecule has 2 aliphatic rings. The van der Waals surface area contributed by atoms with Gasteiger partial charge in [-0.3, -0.25) is 4.79 Å². The van der Waals surface area contributed by atoms with Crippen LogP contribution in [0.25, 0.3) is 0 Å². The number of fused-ring (bicyclic) bond motifs is 2. The Morgan fingerprint density at radius 1 is 1.19 bits per heavy atom. The predicted octanol–water partition coefficient (Wildman–Crippen LogP) is 2.08. The molecular weight excluding hydrogens is 338 g/mol. The van der Waals surface area contributed by atoms with E-state index in [9.17, 15) is 14.4 Å². The zero-order valence-corrected chi connectivity index (χ0v) is 14.6. The molecule has 1 aromatic rings. The summed E-state index contributed by atoms with van der Waals surface area (Å²) in [6, 6.07) is 8.54. The van der Waals surface area contributed by atoms with Crippen molar-refractivity contribution in [2.75, 3.05) is 13.7 Å². The van der Waals surface area contributed by atoms with Crippen LogP contribution < -0.4 is 5.32 Å². The Morgan fingerprint density at radius 3 is 2.58 bits per heavy atom. The molecule has 0 aliphatic heterocycles. The van der Waals surface area contributed by atoms with Crippen molar-refractivity contribution < 1.29 is 28.6 Å². The highest BCUT2D eigenvalue weighted by Gasteiger charge is 2.64. The van der Waals surface area contributed by atoms with Crippen LogP contribution in [-0.2, 0) is 19.0 Å². The first-order valence-corrected chi connectivity index (χ1v) is 8.50. The fourth-order valence-corrected chi connectivity index (χ4v) is 3.77. The van der Waals surface area contributed by atoms with Gasteiger partial charge in [0, 0.05) is 17.4 Å². The van der Waals surface area contributed by atoms with Gasteiger partial charge in [0.2, 0.25) is 0 Å². The number of carbonyl (C=O) groups excluding carboxylic acids is 3. The Kier molecular flexibility index (Phi) is 4.97. The maximum Gasteiger partial charge on any atom is 0.508 e. The van der Waals surface area contributed by atoms with E-state index in [1.165, 1.54) is 7.11 Å². The van der Waals surface area contributed by atoms with E-state index in [-0.39, 0.29) is 18.4 Å². The fourth-order valence-electron chi connectivity index (χ4n) is 3.77. The molecule has 7 heteroatoms. The molecule has 1 aromatic carbocycles. The smallest absolute Gasteiger partial charge is 0.467 e. The first kappa shape index (κ1) is 18.0. The zero-order chi connectivity index (χ0) is 18.7. The molecule has 1 saturated carbocycles. The monoisotopic (exact) mass is 359 g/mol. The van der Waals surface area contributed by atoms with E-state index in [1.807, 2.05) is 12.2 Å². The Labute approximate surface area is 151 Å². The molecule has 0 aromatic heterocycles. The number of benzene rings is 1. The van der Waals surface area contributed by atoms with Gasteiger partial charge in [0.15, 0.2) is 5.54 Å². The summed E-state index contributed by atoms with van der Waals surface area (Å²) in [5, 5.41) is 2.79. The molecule has 1 N–H and O–H groups in total. The van der Waals surface area contributed by atoms with Crippen molar-refractivity contribution in [2.24, 2.45) is 11.8 Å². The molecule has 2 bridgehead atoms. The average Bonchev–Trinajstić information content (AvgIpc) is 3.24. The lowest BCUT2D eigenvalue weighted by atomic mass is 9.81. The van der Waals surface area contributed by atoms with Gasteiger partial charge in [-0.1, -0.05) is 30.4 Å². The highest BCUT2D eigenvalue weighted by molar-refractivity contribution is 5.99. The number of rotatable bonds is 5. The fraction of sp³-hybridized carbons (Fsp3) is 0.421. The van der Waals surface area contributed by atoms with E-state index in [0.29, 0.717) is 12.0 Å². The Bertz CT molecular complexity index is 731. The normalized spacial score (nSPS) is 28.5. The maximum atomic E-state index is 12.7. The summed E-state index contributed by atoms with van der Waals surface area (Å²) in [7, 11) is 1.25. The molecule has 1 amide bonds. The second kappa shape index (κ2) is 7.19. The summed E-state index contributed by atoms with van der Waals surface area (Å²) in [6.07, 6.45) is 2.56. The van der Waals surface area contributed by atoms with Gasteiger partial charge in [-0.15, -0.1) is 0 Å². The highest BCUT2D eigenvalue weighted by atomic mass is 16.7. The summed E-state index contributed by atoms with van der Waals surface area (Å²) in [5.74, 6) is -1.60. The minimum Gasteiger partial charge on any atom is -0.467 e. The summed E-state index contributed by atoms with van der Waals surface area (Å²) >= 11 is 0. The molecule has 0 spiro atoms. The van der Waals surface area contributed by atoms with Gasteiger partial charge in [-0.25, -0.2) is 9.59 Å². The second-order valence-corrected chi connectivity index (χ2v) is 6.29. The van der Waals surface area contributed by atoms with Crippen molar-refractivity contribution in [1.82, 2.24) is 5.32 Å². The molecular formula is C19H21NO6. The molecule has 4 atom stereocenters. The van der Waals surface area contributed by atoms with Crippen LogP contribution >= 0.6 is 0 Å². The molecule has 7 nitrogen and oxygen atoms in total. The minimum absolute atomic E-state index is 0.150. The lowest BCUT2D eigenvalue weighted by Crippen LogP contribution is -2.65. The van der Waals surface area contributed by atoms with Crippen LogP contribution in [0.1, 0.15) is 23.7 Å². The summed E-state index contributed by atoms with van der Waals surface area (Å²) in [6.45, 7) is 1.81. The third kappa shape index (κ3) is 2.94. The molecule has 2 aliphatic carbocycles. The minimum atomic E-state index is -1.48. The van der Waals surface area contributed by atoms with Crippen LogP contribution in [0.15, 0.2) is 42.5 Å². The summed E-state index contributed by atoms with van der Waals surface area (Å²) < 4.78 is 15.3. The van der Waals surface area contributed by atoms with Crippen molar-refractivity contribution >= 4 is 18.0 Å². The number of amides is 1. The lowest BCUT2D eigenvalue weighted by molar-refractivity contribution is -0.155. The van der Waals surface area contributed by atoms with Crippen molar-refractivity contribution in [1.29, 1.82) is 0 Å². The molecule has 0 saturated heterocycles. The van der Waals surface area contributed by atoms with Crippen molar-refractivity contribution in [2.45, 2.75) is 25.0 Å². The molecule has 0 heterocycles. The van der Waals surface area contributed by atoms with Gasteiger partial charge < -0.3 is 19.5 Å². The van der Waals surface area contributed by atoms with Crippen molar-refractivity contribution in [3.05, 3.63) is 48.0 Å². The predicted molar refractivity (Wildman–Crippen MR) is 91.3 cm³/mol. The molecule has 0 unspecified atom stereocenters. The SMILES string of the molecule is CCOC(=O)O[C@@H]1[C@@H]2C=C[C@@H](C2)[C@@]1(NC(=O)c1ccccc1)C(=O)OC. The molecule has 0 radical (unpaired) electrons. The van der Waals surface area contributed by atoms with E-state index < -0.39 is 29.7 Å². The van der Waals surface area contributed by atoms with E-state index in [2.05, 4.69) is 5.32 Å². The lowest BCUT2D eigenvalue weighted by Gasteiger charge is -2.38. The average molecular weight is 359 g/mol. The number of esters is 1. The number of ether oxygens (including phenoxy) is 3. The number of methoxy groups -OCH3 is 1. The molecule has 1 fully saturated rings. The first-order chi connectivity index (χ1) is 12.5. The summed E-state index contributed by atoms with van der Waals surface area (Å²) in [5.41, 5.74) is -1.08. The maximum absolute atomic E-state index is 12.7. The van der Waals surface area contributed by atoms with Gasteiger partial charge in [0.05, 0.1) is 13.7 Å². The van der Waals surface area contributed by atoms with Crippen LogP contribution in [0.3, 0.4) is 0 Å². The van der Waals surface area contributed by atoms with Gasteiger partial charge in [-0.2, -0.15) is 0 Å². The van der Waals surface area contributed by atoms with E-state index in [4.69, 9.17) is 14.2 Å². The summed E-state index contributed by atoms with van der Waals surface area (Å²) in [4.78, 5) is 37.4. The van der Waals surface area contributed by atoms with Crippen molar-refractivity contribution in [3.8, 4) is 0 Å². The van der Waals surface area contributed by atoms with Crippen molar-refractivity contribution in [3.63, 3.8) is 0 Å². The Balaban J connectivity index is 1.94. The third-order valence-corrected chi connectivity index (χ3v) is 4.90. The quantitative estimate of drug-likeness (QED) is 0.639.